The molecule has 0 spiro atoms. The van der Waals surface area contributed by atoms with Crippen molar-refractivity contribution in [3.8, 4) is 0 Å². The summed E-state index contributed by atoms with van der Waals surface area (Å²) < 4.78 is 0. The number of pyridine rings is 1. The average molecular weight is 181 g/mol. The van der Waals surface area contributed by atoms with Crippen molar-refractivity contribution in [3.63, 3.8) is 0 Å². The maximum atomic E-state index is 4.31. The van der Waals surface area contributed by atoms with Crippen LogP contribution in [0.5, 0.6) is 0 Å². The summed E-state index contributed by atoms with van der Waals surface area (Å²) in [6, 6.07) is 10.3. The third kappa shape index (κ3) is 1.72. The zero-order valence-electron chi connectivity index (χ0n) is 7.85. The van der Waals surface area contributed by atoms with Gasteiger partial charge in [-0.05, 0) is 17.5 Å². The topological polar surface area (TPSA) is 12.9 Å². The standard InChI is InChI=1S/C13H11N/c1-2-3-8-13-9-11-6-4-5-7-12(11)10-14-13/h2-10H,1H2/b8-3-. The summed E-state index contributed by atoms with van der Waals surface area (Å²) in [5.41, 5.74) is 0.962. The van der Waals surface area contributed by atoms with Crippen molar-refractivity contribution in [2.24, 2.45) is 0 Å². The van der Waals surface area contributed by atoms with Gasteiger partial charge in [-0.25, -0.2) is 0 Å². The first-order valence-electron chi connectivity index (χ1n) is 4.54. The molecule has 0 atom stereocenters. The molecule has 0 radical (unpaired) electrons. The van der Waals surface area contributed by atoms with Crippen LogP contribution in [0.1, 0.15) is 5.69 Å². The highest BCUT2D eigenvalue weighted by atomic mass is 14.7. The van der Waals surface area contributed by atoms with Gasteiger partial charge in [0.05, 0.1) is 5.69 Å². The minimum absolute atomic E-state index is 0.962. The Morgan fingerprint density at radius 1 is 1.14 bits per heavy atom. The minimum atomic E-state index is 0.962. The number of benzene rings is 1. The fourth-order valence-corrected chi connectivity index (χ4v) is 1.36. The van der Waals surface area contributed by atoms with Gasteiger partial charge >= 0.3 is 0 Å². The summed E-state index contributed by atoms with van der Waals surface area (Å²) in [4.78, 5) is 4.31. The molecule has 2 rings (SSSR count). The summed E-state index contributed by atoms with van der Waals surface area (Å²) in [5, 5.41) is 2.38. The number of allylic oxidation sites excluding steroid dienone is 2. The van der Waals surface area contributed by atoms with Crippen molar-refractivity contribution in [1.82, 2.24) is 4.98 Å². The number of nitrogens with zero attached hydrogens (tertiary/aromatic N) is 1. The highest BCUT2D eigenvalue weighted by Gasteiger charge is 1.92. The molecule has 14 heavy (non-hydrogen) atoms. The first-order chi connectivity index (χ1) is 6.90. The van der Waals surface area contributed by atoms with E-state index in [9.17, 15) is 0 Å². The second-order valence-corrected chi connectivity index (χ2v) is 3.05. The lowest BCUT2D eigenvalue weighted by Gasteiger charge is -1.97. The first-order valence-corrected chi connectivity index (χ1v) is 4.54. The van der Waals surface area contributed by atoms with Gasteiger partial charge in [-0.1, -0.05) is 43.0 Å². The van der Waals surface area contributed by atoms with Crippen LogP contribution in [-0.4, -0.2) is 4.98 Å². The van der Waals surface area contributed by atoms with Crippen molar-refractivity contribution in [3.05, 3.63) is 61.0 Å². The second-order valence-electron chi connectivity index (χ2n) is 3.05. The van der Waals surface area contributed by atoms with Gasteiger partial charge in [-0.15, -0.1) is 0 Å². The molecule has 1 heteroatoms. The summed E-state index contributed by atoms with van der Waals surface area (Å²) in [5.74, 6) is 0. The van der Waals surface area contributed by atoms with Crippen molar-refractivity contribution in [1.29, 1.82) is 0 Å². The van der Waals surface area contributed by atoms with E-state index in [0.29, 0.717) is 0 Å². The molecule has 0 saturated carbocycles. The fourth-order valence-electron chi connectivity index (χ4n) is 1.36. The monoisotopic (exact) mass is 181 g/mol. The zero-order chi connectivity index (χ0) is 9.80. The van der Waals surface area contributed by atoms with Gasteiger partial charge in [0.25, 0.3) is 0 Å². The van der Waals surface area contributed by atoms with Crippen LogP contribution >= 0.6 is 0 Å². The molecule has 0 unspecified atom stereocenters. The Kier molecular flexibility index (Phi) is 2.41. The van der Waals surface area contributed by atoms with Gasteiger partial charge in [-0.2, -0.15) is 0 Å². The van der Waals surface area contributed by atoms with Gasteiger partial charge in [0, 0.05) is 11.6 Å². The summed E-state index contributed by atoms with van der Waals surface area (Å²) in [6.45, 7) is 3.62. The molecule has 68 valence electrons. The lowest BCUT2D eigenvalue weighted by atomic mass is 10.1. The van der Waals surface area contributed by atoms with E-state index in [1.54, 1.807) is 6.08 Å². The number of aromatic nitrogens is 1. The van der Waals surface area contributed by atoms with Crippen molar-refractivity contribution >= 4 is 16.8 Å². The third-order valence-electron chi connectivity index (χ3n) is 2.06. The molecule has 0 amide bonds. The van der Waals surface area contributed by atoms with Gasteiger partial charge in [0.15, 0.2) is 0 Å². The Hall–Kier alpha value is -1.89. The number of hydrogen-bond acceptors (Lipinski definition) is 1. The molecular formula is C13H11N. The summed E-state index contributed by atoms with van der Waals surface area (Å²) in [6.07, 6.45) is 7.46. The van der Waals surface area contributed by atoms with Crippen LogP contribution < -0.4 is 0 Å². The largest absolute Gasteiger partial charge is 0.256 e. The van der Waals surface area contributed by atoms with Gasteiger partial charge in [0.2, 0.25) is 0 Å². The molecule has 1 aromatic heterocycles. The van der Waals surface area contributed by atoms with Gasteiger partial charge < -0.3 is 0 Å². The number of hydrogen-bond donors (Lipinski definition) is 0. The van der Waals surface area contributed by atoms with Crippen LogP contribution in [0.3, 0.4) is 0 Å². The minimum Gasteiger partial charge on any atom is -0.256 e. The van der Waals surface area contributed by atoms with Crippen LogP contribution in [0, 0.1) is 0 Å². The Bertz CT molecular complexity index is 483. The Labute approximate surface area is 83.4 Å². The molecule has 0 aliphatic carbocycles. The molecule has 1 nitrogen and oxygen atoms in total. The van der Waals surface area contributed by atoms with Crippen LogP contribution in [0.15, 0.2) is 55.3 Å². The smallest absolute Gasteiger partial charge is 0.0636 e. The predicted molar refractivity (Wildman–Crippen MR) is 61.0 cm³/mol. The van der Waals surface area contributed by atoms with E-state index in [2.05, 4.69) is 29.8 Å². The van der Waals surface area contributed by atoms with E-state index in [1.807, 2.05) is 30.5 Å². The maximum Gasteiger partial charge on any atom is 0.0636 e. The van der Waals surface area contributed by atoms with E-state index >= 15 is 0 Å². The van der Waals surface area contributed by atoms with E-state index in [-0.39, 0.29) is 0 Å². The van der Waals surface area contributed by atoms with E-state index in [0.717, 1.165) is 5.69 Å². The zero-order valence-corrected chi connectivity index (χ0v) is 7.85. The summed E-state index contributed by atoms with van der Waals surface area (Å²) in [7, 11) is 0. The Morgan fingerprint density at radius 2 is 1.93 bits per heavy atom. The van der Waals surface area contributed by atoms with Crippen LogP contribution in [0.25, 0.3) is 16.8 Å². The van der Waals surface area contributed by atoms with Crippen LogP contribution in [0.4, 0.5) is 0 Å². The first kappa shape index (κ1) is 8.70. The number of rotatable bonds is 2. The van der Waals surface area contributed by atoms with E-state index in [1.165, 1.54) is 10.8 Å². The molecule has 1 aromatic carbocycles. The predicted octanol–water partition coefficient (Wildman–Crippen LogP) is 3.43. The van der Waals surface area contributed by atoms with Crippen molar-refractivity contribution in [2.75, 3.05) is 0 Å². The highest BCUT2D eigenvalue weighted by molar-refractivity contribution is 5.83. The van der Waals surface area contributed by atoms with Gasteiger partial charge in [-0.3, -0.25) is 4.98 Å². The molecule has 1 heterocycles. The molecule has 0 aliphatic heterocycles. The van der Waals surface area contributed by atoms with E-state index < -0.39 is 0 Å². The van der Waals surface area contributed by atoms with Crippen molar-refractivity contribution in [2.45, 2.75) is 0 Å². The van der Waals surface area contributed by atoms with Crippen LogP contribution in [0.2, 0.25) is 0 Å². The van der Waals surface area contributed by atoms with E-state index in [4.69, 9.17) is 0 Å². The fraction of sp³-hybridized carbons (Fsp3) is 0. The molecule has 0 fully saturated rings. The quantitative estimate of drug-likeness (QED) is 0.647. The SMILES string of the molecule is C=C/C=C\c1cc2ccccc2cn1. The Balaban J connectivity index is 2.51. The van der Waals surface area contributed by atoms with Crippen molar-refractivity contribution < 1.29 is 0 Å². The molecule has 0 saturated heterocycles. The van der Waals surface area contributed by atoms with Gasteiger partial charge in [0.1, 0.15) is 0 Å². The number of fused-ring (bicyclic) bond motifs is 1. The second kappa shape index (κ2) is 3.88. The maximum absolute atomic E-state index is 4.31. The highest BCUT2D eigenvalue weighted by Crippen LogP contribution is 2.13. The molecular weight excluding hydrogens is 170 g/mol. The molecule has 0 aliphatic rings. The third-order valence-corrected chi connectivity index (χ3v) is 2.06. The normalized spacial score (nSPS) is 10.9. The molecule has 2 aromatic rings. The average Bonchev–Trinajstić information content (AvgIpc) is 2.26. The molecule has 0 N–H and O–H groups in total. The Morgan fingerprint density at radius 3 is 2.71 bits per heavy atom. The van der Waals surface area contributed by atoms with Crippen LogP contribution in [-0.2, 0) is 0 Å². The lowest BCUT2D eigenvalue weighted by molar-refractivity contribution is 1.33. The summed E-state index contributed by atoms with van der Waals surface area (Å²) >= 11 is 0. The lowest BCUT2D eigenvalue weighted by Crippen LogP contribution is -1.80. The molecule has 0 bridgehead atoms.